The lowest BCUT2D eigenvalue weighted by atomic mass is 10.0. The van der Waals surface area contributed by atoms with Gasteiger partial charge < -0.3 is 14.9 Å². The number of benzene rings is 3. The molecule has 0 radical (unpaired) electrons. The van der Waals surface area contributed by atoms with Gasteiger partial charge in [-0.05, 0) is 47.5 Å². The number of methoxy groups -OCH3 is 1. The van der Waals surface area contributed by atoms with Crippen LogP contribution in [0.4, 0.5) is 0 Å². The summed E-state index contributed by atoms with van der Waals surface area (Å²) in [6.45, 7) is -0.125. The molecule has 0 aromatic heterocycles. The van der Waals surface area contributed by atoms with E-state index in [9.17, 15) is 15.0 Å². The van der Waals surface area contributed by atoms with Gasteiger partial charge in [0.25, 0.3) is 0 Å². The van der Waals surface area contributed by atoms with Gasteiger partial charge in [-0.3, -0.25) is 9.79 Å². The number of aliphatic imine (C=N–C) groups is 1. The summed E-state index contributed by atoms with van der Waals surface area (Å²) in [6, 6.07) is 19.1. The molecular formula is C22H19NO4. The number of carbonyl (C=O) groups is 1. The van der Waals surface area contributed by atoms with E-state index in [4.69, 9.17) is 4.74 Å². The molecule has 0 aliphatic carbocycles. The number of hydrogen-bond donors (Lipinski definition) is 2. The number of Topliss-reactive ketones (excluding diaryl/α,β-unsaturated/α-hetero) is 1. The lowest BCUT2D eigenvalue weighted by Gasteiger charge is -2.07. The quantitative estimate of drug-likeness (QED) is 0.512. The van der Waals surface area contributed by atoms with Crippen molar-refractivity contribution in [3.05, 3.63) is 77.9 Å². The topological polar surface area (TPSA) is 79.1 Å². The van der Waals surface area contributed by atoms with Crippen LogP contribution in [-0.2, 0) is 0 Å². The molecule has 5 nitrogen and oxygen atoms in total. The maximum atomic E-state index is 12.1. The summed E-state index contributed by atoms with van der Waals surface area (Å²) in [6.07, 6.45) is 1.46. The summed E-state index contributed by atoms with van der Waals surface area (Å²) in [5.41, 5.74) is 2.55. The van der Waals surface area contributed by atoms with Crippen molar-refractivity contribution in [2.75, 3.05) is 13.7 Å². The van der Waals surface area contributed by atoms with Crippen molar-refractivity contribution in [1.29, 1.82) is 0 Å². The molecule has 0 atom stereocenters. The number of ketones is 1. The van der Waals surface area contributed by atoms with E-state index in [-0.39, 0.29) is 29.4 Å². The van der Waals surface area contributed by atoms with Crippen molar-refractivity contribution < 1.29 is 19.7 Å². The van der Waals surface area contributed by atoms with E-state index in [1.807, 2.05) is 24.3 Å². The largest absolute Gasteiger partial charge is 0.507 e. The normalized spacial score (nSPS) is 10.9. The monoisotopic (exact) mass is 361 g/mol. The van der Waals surface area contributed by atoms with Gasteiger partial charge in [0.2, 0.25) is 0 Å². The van der Waals surface area contributed by atoms with Crippen LogP contribution in [0.15, 0.2) is 71.7 Å². The Balaban J connectivity index is 1.79. The average Bonchev–Trinajstić information content (AvgIpc) is 2.69. The first-order chi connectivity index (χ1) is 13.1. The van der Waals surface area contributed by atoms with Crippen LogP contribution in [-0.4, -0.2) is 35.9 Å². The minimum atomic E-state index is -0.298. The van der Waals surface area contributed by atoms with Gasteiger partial charge >= 0.3 is 0 Å². The molecule has 2 N–H and O–H groups in total. The number of ether oxygens (including phenoxy) is 1. The summed E-state index contributed by atoms with van der Waals surface area (Å²) in [5.74, 6) is 0.442. The maximum Gasteiger partial charge on any atom is 0.187 e. The lowest BCUT2D eigenvalue weighted by Crippen LogP contribution is -2.04. The number of phenolic OH excluding ortho intramolecular Hbond substituents is 2. The highest BCUT2D eigenvalue weighted by Gasteiger charge is 2.09. The molecule has 5 heteroatoms. The van der Waals surface area contributed by atoms with Gasteiger partial charge in [0.15, 0.2) is 5.78 Å². The molecule has 0 aliphatic heterocycles. The van der Waals surface area contributed by atoms with E-state index < -0.39 is 0 Å². The summed E-state index contributed by atoms with van der Waals surface area (Å²) in [5, 5.41) is 19.8. The molecule has 0 aliphatic rings. The minimum absolute atomic E-state index is 0.0689. The molecule has 0 saturated carbocycles. The fourth-order valence-electron chi connectivity index (χ4n) is 2.66. The zero-order chi connectivity index (χ0) is 19.2. The molecule has 0 bridgehead atoms. The SMILES string of the molecule is COc1cccc(-c2ccc(O)c(C=NCC(=O)c3ccccc3O)c2)c1. The van der Waals surface area contributed by atoms with Crippen molar-refractivity contribution in [2.45, 2.75) is 0 Å². The van der Waals surface area contributed by atoms with Crippen LogP contribution in [0.2, 0.25) is 0 Å². The first-order valence-electron chi connectivity index (χ1n) is 8.37. The van der Waals surface area contributed by atoms with Crippen molar-refractivity contribution in [2.24, 2.45) is 4.99 Å². The van der Waals surface area contributed by atoms with E-state index in [1.165, 1.54) is 12.3 Å². The third-order valence-corrected chi connectivity index (χ3v) is 4.10. The second-order valence-corrected chi connectivity index (χ2v) is 5.92. The first-order valence-corrected chi connectivity index (χ1v) is 8.37. The Kier molecular flexibility index (Phi) is 5.52. The van der Waals surface area contributed by atoms with Crippen molar-refractivity contribution >= 4 is 12.0 Å². The zero-order valence-electron chi connectivity index (χ0n) is 14.8. The van der Waals surface area contributed by atoms with E-state index in [0.29, 0.717) is 5.56 Å². The molecule has 0 unspecified atom stereocenters. The first kappa shape index (κ1) is 18.2. The standard InChI is InChI=1S/C22H19NO4/c1-27-18-6-4-5-15(12-18)16-9-10-20(24)17(11-16)13-23-14-22(26)19-7-2-3-8-21(19)25/h2-13,24-25H,14H2,1H3. The fraction of sp³-hybridized carbons (Fsp3) is 0.0909. The smallest absolute Gasteiger partial charge is 0.187 e. The van der Waals surface area contributed by atoms with Crippen molar-refractivity contribution in [1.82, 2.24) is 0 Å². The average molecular weight is 361 g/mol. The third-order valence-electron chi connectivity index (χ3n) is 4.10. The molecule has 0 amide bonds. The fourth-order valence-corrected chi connectivity index (χ4v) is 2.66. The van der Waals surface area contributed by atoms with E-state index in [1.54, 1.807) is 43.5 Å². The number of nitrogens with zero attached hydrogens (tertiary/aromatic N) is 1. The molecule has 0 fully saturated rings. The minimum Gasteiger partial charge on any atom is -0.507 e. The van der Waals surface area contributed by atoms with Crippen LogP contribution >= 0.6 is 0 Å². The number of aromatic hydroxyl groups is 2. The number of carbonyl (C=O) groups excluding carboxylic acids is 1. The predicted molar refractivity (Wildman–Crippen MR) is 105 cm³/mol. The van der Waals surface area contributed by atoms with Gasteiger partial charge in [-0.15, -0.1) is 0 Å². The van der Waals surface area contributed by atoms with Crippen LogP contribution in [0.25, 0.3) is 11.1 Å². The van der Waals surface area contributed by atoms with E-state index in [2.05, 4.69) is 4.99 Å². The van der Waals surface area contributed by atoms with Crippen molar-refractivity contribution in [3.8, 4) is 28.4 Å². The van der Waals surface area contributed by atoms with Crippen LogP contribution in [0.1, 0.15) is 15.9 Å². The van der Waals surface area contributed by atoms with Gasteiger partial charge in [-0.2, -0.15) is 0 Å². The molecule has 136 valence electrons. The Bertz CT molecular complexity index is 995. The maximum absolute atomic E-state index is 12.1. The summed E-state index contributed by atoms with van der Waals surface area (Å²) in [7, 11) is 1.61. The number of hydrogen-bond acceptors (Lipinski definition) is 5. The third kappa shape index (κ3) is 4.33. The Hall–Kier alpha value is -3.60. The van der Waals surface area contributed by atoms with Gasteiger partial charge in [0, 0.05) is 11.8 Å². The van der Waals surface area contributed by atoms with Crippen LogP contribution in [0.3, 0.4) is 0 Å². The molecule has 3 aromatic rings. The Morgan fingerprint density at radius 1 is 0.963 bits per heavy atom. The predicted octanol–water partition coefficient (Wildman–Crippen LogP) is 4.08. The second kappa shape index (κ2) is 8.19. The highest BCUT2D eigenvalue weighted by molar-refractivity contribution is 6.01. The number of rotatable bonds is 6. The molecule has 0 spiro atoms. The van der Waals surface area contributed by atoms with Gasteiger partial charge in [-0.25, -0.2) is 0 Å². The van der Waals surface area contributed by atoms with Crippen molar-refractivity contribution in [3.63, 3.8) is 0 Å². The molecule has 0 heterocycles. The Labute approximate surface area is 157 Å². The van der Waals surface area contributed by atoms with Crippen LogP contribution < -0.4 is 4.74 Å². The van der Waals surface area contributed by atoms with Gasteiger partial charge in [0.05, 0.1) is 12.7 Å². The van der Waals surface area contributed by atoms with Crippen LogP contribution in [0, 0.1) is 0 Å². The van der Waals surface area contributed by atoms with E-state index >= 15 is 0 Å². The summed E-state index contributed by atoms with van der Waals surface area (Å²) in [4.78, 5) is 16.3. The molecular weight excluding hydrogens is 342 g/mol. The van der Waals surface area contributed by atoms with E-state index in [0.717, 1.165) is 16.9 Å². The summed E-state index contributed by atoms with van der Waals surface area (Å²) < 4.78 is 5.24. The second-order valence-electron chi connectivity index (χ2n) is 5.92. The molecule has 27 heavy (non-hydrogen) atoms. The Morgan fingerprint density at radius 3 is 2.52 bits per heavy atom. The molecule has 3 rings (SSSR count). The lowest BCUT2D eigenvalue weighted by molar-refractivity contribution is 0.0999. The molecule has 0 saturated heterocycles. The van der Waals surface area contributed by atoms with Gasteiger partial charge in [-0.1, -0.05) is 30.3 Å². The summed E-state index contributed by atoms with van der Waals surface area (Å²) >= 11 is 0. The van der Waals surface area contributed by atoms with Crippen LogP contribution in [0.5, 0.6) is 17.2 Å². The highest BCUT2D eigenvalue weighted by atomic mass is 16.5. The Morgan fingerprint density at radius 2 is 1.74 bits per heavy atom. The molecule has 3 aromatic carbocycles. The highest BCUT2D eigenvalue weighted by Crippen LogP contribution is 2.27. The number of para-hydroxylation sites is 1. The van der Waals surface area contributed by atoms with Gasteiger partial charge in [0.1, 0.15) is 23.8 Å². The number of phenols is 2. The zero-order valence-corrected chi connectivity index (χ0v) is 14.8.